The van der Waals surface area contributed by atoms with E-state index in [9.17, 15) is 19.2 Å². The summed E-state index contributed by atoms with van der Waals surface area (Å²) in [5, 5.41) is 20.4. The van der Waals surface area contributed by atoms with Crippen molar-refractivity contribution in [1.82, 2.24) is 31.1 Å². The number of aromatic nitrogens is 2. The van der Waals surface area contributed by atoms with Gasteiger partial charge in [-0.15, -0.1) is 10.6 Å². The Hall–Kier alpha value is -5.21. The number of nitrogens with one attached hydrogen (secondary N) is 4. The van der Waals surface area contributed by atoms with Gasteiger partial charge in [0.25, 0.3) is 5.56 Å². The van der Waals surface area contributed by atoms with E-state index in [4.69, 9.17) is 11.6 Å². The van der Waals surface area contributed by atoms with E-state index < -0.39 is 17.7 Å². The Bertz CT molecular complexity index is 1730. The third kappa shape index (κ3) is 7.89. The van der Waals surface area contributed by atoms with Crippen LogP contribution in [0.15, 0.2) is 64.5 Å². The van der Waals surface area contributed by atoms with Gasteiger partial charge in [0.05, 0.1) is 30.1 Å². The normalized spacial score (nSPS) is 16.6. The molecule has 14 nitrogen and oxygen atoms in total. The Morgan fingerprint density at radius 2 is 1.96 bits per heavy atom. The number of halogens is 1. The molecule has 0 spiro atoms. The summed E-state index contributed by atoms with van der Waals surface area (Å²) in [6.45, 7) is 2.74. The summed E-state index contributed by atoms with van der Waals surface area (Å²) in [5.41, 5.74) is 5.92. The number of rotatable bonds is 9. The van der Waals surface area contributed by atoms with E-state index in [1.165, 1.54) is 18.3 Å². The minimum atomic E-state index is -0.611. The third-order valence-corrected chi connectivity index (χ3v) is 7.92. The van der Waals surface area contributed by atoms with Crippen molar-refractivity contribution < 1.29 is 19.1 Å². The first kappa shape index (κ1) is 32.2. The van der Waals surface area contributed by atoms with Crippen molar-refractivity contribution in [3.8, 4) is 11.1 Å². The quantitative estimate of drug-likeness (QED) is 0.254. The van der Waals surface area contributed by atoms with E-state index in [0.717, 1.165) is 12.1 Å². The van der Waals surface area contributed by atoms with Crippen LogP contribution < -0.4 is 26.7 Å². The van der Waals surface area contributed by atoms with Gasteiger partial charge in [0, 0.05) is 49.4 Å². The average Bonchev–Trinajstić information content (AvgIpc) is 3.69. The molecule has 2 aliphatic heterocycles. The highest BCUT2D eigenvalue weighted by atomic mass is 35.5. The molecule has 0 radical (unpaired) electrons. The van der Waals surface area contributed by atoms with Gasteiger partial charge in [-0.3, -0.25) is 19.7 Å². The maximum atomic E-state index is 13.4. The number of carbonyl (C=O) groups excluding carboxylic acids is 3. The number of likely N-dealkylation sites (tertiary alicyclic amines) is 1. The molecule has 0 aliphatic carbocycles. The molecule has 2 aliphatic rings. The molecule has 3 heterocycles. The lowest BCUT2D eigenvalue weighted by molar-refractivity contribution is -0.128. The van der Waals surface area contributed by atoms with Crippen LogP contribution in [-0.2, 0) is 14.3 Å². The molecule has 5 rings (SSSR count). The van der Waals surface area contributed by atoms with Crippen molar-refractivity contribution in [3.05, 3.63) is 81.2 Å². The summed E-state index contributed by atoms with van der Waals surface area (Å²) < 4.78 is 4.62. The number of H-pyrrole nitrogens is 1. The van der Waals surface area contributed by atoms with Crippen LogP contribution in [0.4, 0.5) is 16.2 Å². The molecule has 2 aromatic carbocycles. The number of ether oxygens (including phenoxy) is 1. The Morgan fingerprint density at radius 1 is 1.17 bits per heavy atom. The van der Waals surface area contributed by atoms with Gasteiger partial charge in [-0.05, 0) is 66.8 Å². The summed E-state index contributed by atoms with van der Waals surface area (Å²) in [7, 11) is 3.02. The molecule has 1 saturated heterocycles. The second-order valence-corrected chi connectivity index (χ2v) is 11.3. The van der Waals surface area contributed by atoms with Crippen molar-refractivity contribution in [2.24, 2.45) is 11.0 Å². The summed E-state index contributed by atoms with van der Waals surface area (Å²) in [6, 6.07) is 13.0. The SMILES string of the molecule is COC(=O)Nc1ccc(-c2cc([C@H](CC3CCN(C(C)=O)C3)NC(=O)/C=C/c3cc(Cl)ccc3N3C=NN(C)N3)n[nH]c2=O)cc1. The minimum absolute atomic E-state index is 0.00154. The summed E-state index contributed by atoms with van der Waals surface area (Å²) in [5.74, 6) is -0.275. The van der Waals surface area contributed by atoms with Crippen LogP contribution in [0.3, 0.4) is 0 Å². The number of benzene rings is 2. The summed E-state index contributed by atoms with van der Waals surface area (Å²) in [6.07, 6.45) is 5.33. The number of nitrogens with zero attached hydrogens (tertiary/aromatic N) is 5. The third-order valence-electron chi connectivity index (χ3n) is 7.68. The predicted octanol–water partition coefficient (Wildman–Crippen LogP) is 3.51. The molecule has 3 amide bonds. The van der Waals surface area contributed by atoms with Crippen molar-refractivity contribution in [2.75, 3.05) is 37.6 Å². The van der Waals surface area contributed by atoms with Gasteiger partial charge in [0.1, 0.15) is 6.34 Å². The van der Waals surface area contributed by atoms with Gasteiger partial charge >= 0.3 is 6.09 Å². The maximum absolute atomic E-state index is 13.4. The molecule has 2 atom stereocenters. The molecule has 46 heavy (non-hydrogen) atoms. The van der Waals surface area contributed by atoms with Gasteiger partial charge in [-0.2, -0.15) is 5.10 Å². The van der Waals surface area contributed by atoms with Gasteiger partial charge in [-0.1, -0.05) is 23.7 Å². The Balaban J connectivity index is 1.40. The molecule has 1 unspecified atom stereocenters. The van der Waals surface area contributed by atoms with Gasteiger partial charge < -0.3 is 15.0 Å². The minimum Gasteiger partial charge on any atom is -0.453 e. The molecule has 240 valence electrons. The highest BCUT2D eigenvalue weighted by Gasteiger charge is 2.29. The van der Waals surface area contributed by atoms with Crippen LogP contribution in [0.25, 0.3) is 17.2 Å². The molecule has 15 heteroatoms. The predicted molar refractivity (Wildman–Crippen MR) is 175 cm³/mol. The van der Waals surface area contributed by atoms with Crippen molar-refractivity contribution in [1.29, 1.82) is 0 Å². The van der Waals surface area contributed by atoms with Crippen LogP contribution >= 0.6 is 11.6 Å². The first-order chi connectivity index (χ1) is 22.1. The Kier molecular flexibility index (Phi) is 9.98. The lowest BCUT2D eigenvalue weighted by Gasteiger charge is -2.22. The smallest absolute Gasteiger partial charge is 0.411 e. The number of hydrazine groups is 2. The van der Waals surface area contributed by atoms with E-state index in [1.54, 1.807) is 78.8 Å². The number of methoxy groups -OCH3 is 1. The van der Waals surface area contributed by atoms with Crippen LogP contribution in [0.1, 0.15) is 37.1 Å². The topological polar surface area (TPSA) is 164 Å². The highest BCUT2D eigenvalue weighted by Crippen LogP contribution is 2.29. The highest BCUT2D eigenvalue weighted by molar-refractivity contribution is 6.30. The molecule has 0 saturated carbocycles. The second-order valence-electron chi connectivity index (χ2n) is 10.9. The summed E-state index contributed by atoms with van der Waals surface area (Å²) >= 11 is 6.27. The fourth-order valence-corrected chi connectivity index (χ4v) is 5.51. The van der Waals surface area contributed by atoms with Gasteiger partial charge in [0.15, 0.2) is 0 Å². The molecule has 0 bridgehead atoms. The fourth-order valence-electron chi connectivity index (χ4n) is 5.33. The lowest BCUT2D eigenvalue weighted by atomic mass is 9.95. The number of anilines is 2. The standard InChI is InChI=1S/C31H34ClN9O5/c1-19(42)40-13-12-20(17-40)14-26(27-16-25(30(44)37-36-27)21-4-8-24(9-5-21)34-31(45)46-3)35-29(43)11-6-22-15-23(32)7-10-28(22)41-18-33-39(2)38-41/h4-11,15-16,18,20,26,38H,12-14,17H2,1-3H3,(H,34,45)(H,35,43)(H,37,44)/b11-6+/t20?,26-/m0/s1. The molecule has 1 fully saturated rings. The molecule has 3 aromatic rings. The summed E-state index contributed by atoms with van der Waals surface area (Å²) in [4.78, 5) is 51.6. The van der Waals surface area contributed by atoms with E-state index in [2.05, 4.69) is 36.2 Å². The zero-order valence-corrected chi connectivity index (χ0v) is 26.2. The zero-order valence-electron chi connectivity index (χ0n) is 25.5. The van der Waals surface area contributed by atoms with Crippen molar-refractivity contribution in [3.63, 3.8) is 0 Å². The Labute approximate surface area is 270 Å². The maximum Gasteiger partial charge on any atom is 0.411 e. The number of hydrogen-bond acceptors (Lipinski definition) is 10. The van der Waals surface area contributed by atoms with Crippen molar-refractivity contribution >= 4 is 53.3 Å². The van der Waals surface area contributed by atoms with Crippen LogP contribution in [0.2, 0.25) is 5.02 Å². The molecule has 1 aromatic heterocycles. The largest absolute Gasteiger partial charge is 0.453 e. The molecular formula is C31H34ClN9O5. The van der Waals surface area contributed by atoms with Crippen molar-refractivity contribution in [2.45, 2.75) is 25.8 Å². The number of aromatic amines is 1. The van der Waals surface area contributed by atoms with E-state index >= 15 is 0 Å². The number of carbonyl (C=O) groups is 3. The molecule has 4 N–H and O–H groups in total. The van der Waals surface area contributed by atoms with Gasteiger partial charge in [-0.25, -0.2) is 20.0 Å². The van der Waals surface area contributed by atoms with Crippen LogP contribution in [0.5, 0.6) is 0 Å². The number of hydrazone groups is 1. The van der Waals surface area contributed by atoms with E-state index in [0.29, 0.717) is 52.6 Å². The molecular weight excluding hydrogens is 614 g/mol. The van der Waals surface area contributed by atoms with Crippen LogP contribution in [0, 0.1) is 5.92 Å². The average molecular weight is 648 g/mol. The number of hydrogen-bond donors (Lipinski definition) is 4. The number of amides is 3. The zero-order chi connectivity index (χ0) is 32.8. The van der Waals surface area contributed by atoms with E-state index in [-0.39, 0.29) is 17.7 Å². The monoisotopic (exact) mass is 647 g/mol. The first-order valence-corrected chi connectivity index (χ1v) is 14.9. The lowest BCUT2D eigenvalue weighted by Crippen LogP contribution is -2.38. The van der Waals surface area contributed by atoms with Gasteiger partial charge in [0.2, 0.25) is 11.8 Å². The Morgan fingerprint density at radius 3 is 2.63 bits per heavy atom. The van der Waals surface area contributed by atoms with E-state index in [1.807, 2.05) is 6.07 Å². The fraction of sp³-hybridized carbons (Fsp3) is 0.290. The van der Waals surface area contributed by atoms with Crippen LogP contribution in [-0.4, -0.2) is 71.7 Å². The first-order valence-electron chi connectivity index (χ1n) is 14.5. The second kappa shape index (κ2) is 14.3.